The summed E-state index contributed by atoms with van der Waals surface area (Å²) in [6, 6.07) is 27.1. The van der Waals surface area contributed by atoms with E-state index in [1.54, 1.807) is 0 Å². The van der Waals surface area contributed by atoms with Gasteiger partial charge in [0.05, 0.1) is 6.54 Å². The number of rotatable bonds is 4. The molecule has 4 nitrogen and oxygen atoms in total. The first-order valence-electron chi connectivity index (χ1n) is 12.5. The van der Waals surface area contributed by atoms with Crippen molar-refractivity contribution in [2.45, 2.75) is 38.1 Å². The van der Waals surface area contributed by atoms with Gasteiger partial charge in [0.1, 0.15) is 0 Å². The molecule has 1 fully saturated rings. The highest BCUT2D eigenvalue weighted by atomic mass is 35.5. The third kappa shape index (κ3) is 4.57. The Balaban J connectivity index is 1.37. The molecule has 2 heterocycles. The Morgan fingerprint density at radius 1 is 0.829 bits per heavy atom. The quantitative estimate of drug-likeness (QED) is 0.452. The zero-order valence-electron chi connectivity index (χ0n) is 20.9. The highest BCUT2D eigenvalue weighted by Gasteiger charge is 2.47. The molecule has 0 radical (unpaired) electrons. The average Bonchev–Trinajstić information content (AvgIpc) is 2.85. The average molecular weight is 488 g/mol. The zero-order valence-corrected chi connectivity index (χ0v) is 21.6. The number of amides is 1. The number of carbonyl (C=O) groups excluding carboxylic acids is 1. The predicted octanol–water partition coefficient (Wildman–Crippen LogP) is 5.98. The standard InChI is InChI=1S/C30H34ClN3O/c1-29(2)22-30(3,23-13-15-24(31)16-14-23)26-11-7-8-12-27(26)34(29)28(35)21-32-17-19-33(20-18-32)25-9-5-4-6-10-25/h4-16H,17-22H2,1-3H3. The van der Waals surface area contributed by atoms with E-state index in [1.807, 2.05) is 18.2 Å². The van der Waals surface area contributed by atoms with Gasteiger partial charge >= 0.3 is 0 Å². The van der Waals surface area contributed by atoms with Gasteiger partial charge in [-0.25, -0.2) is 0 Å². The van der Waals surface area contributed by atoms with Gasteiger partial charge in [0, 0.05) is 53.5 Å². The van der Waals surface area contributed by atoms with Crippen LogP contribution in [-0.4, -0.2) is 49.1 Å². The van der Waals surface area contributed by atoms with Crippen molar-refractivity contribution in [3.63, 3.8) is 0 Å². The predicted molar refractivity (Wildman–Crippen MR) is 146 cm³/mol. The third-order valence-corrected chi connectivity index (χ3v) is 7.97. The third-order valence-electron chi connectivity index (χ3n) is 7.71. The summed E-state index contributed by atoms with van der Waals surface area (Å²) >= 11 is 6.19. The second-order valence-electron chi connectivity index (χ2n) is 10.7. The number of halogens is 1. The van der Waals surface area contributed by atoms with Crippen molar-refractivity contribution in [2.75, 3.05) is 42.5 Å². The van der Waals surface area contributed by atoms with Gasteiger partial charge in [-0.2, -0.15) is 0 Å². The maximum atomic E-state index is 13.8. The van der Waals surface area contributed by atoms with Gasteiger partial charge in [0.2, 0.25) is 5.91 Å². The van der Waals surface area contributed by atoms with E-state index in [2.05, 4.69) is 96.1 Å². The summed E-state index contributed by atoms with van der Waals surface area (Å²) in [7, 11) is 0. The number of hydrogen-bond donors (Lipinski definition) is 0. The first kappa shape index (κ1) is 23.9. The molecule has 0 N–H and O–H groups in total. The van der Waals surface area contributed by atoms with E-state index in [-0.39, 0.29) is 16.9 Å². The lowest BCUT2D eigenvalue weighted by Crippen LogP contribution is -2.59. The second kappa shape index (κ2) is 9.33. The fourth-order valence-corrected chi connectivity index (χ4v) is 6.24. The van der Waals surface area contributed by atoms with Crippen molar-refractivity contribution in [1.82, 2.24) is 4.90 Å². The van der Waals surface area contributed by atoms with Gasteiger partial charge in [-0.1, -0.05) is 67.1 Å². The van der Waals surface area contributed by atoms with Crippen LogP contribution < -0.4 is 9.80 Å². The monoisotopic (exact) mass is 487 g/mol. The molecule has 1 amide bonds. The molecule has 5 heteroatoms. The molecule has 3 aromatic carbocycles. The fraction of sp³-hybridized carbons (Fsp3) is 0.367. The summed E-state index contributed by atoms with van der Waals surface area (Å²) in [5, 5.41) is 0.741. The topological polar surface area (TPSA) is 26.8 Å². The lowest BCUT2D eigenvalue weighted by molar-refractivity contribution is -0.121. The lowest BCUT2D eigenvalue weighted by Gasteiger charge is -2.52. The van der Waals surface area contributed by atoms with E-state index in [9.17, 15) is 4.79 Å². The molecule has 0 aromatic heterocycles. The zero-order chi connectivity index (χ0) is 24.6. The molecular formula is C30H34ClN3O. The number of hydrogen-bond acceptors (Lipinski definition) is 3. The van der Waals surface area contributed by atoms with E-state index in [1.165, 1.54) is 16.8 Å². The van der Waals surface area contributed by atoms with Crippen LogP contribution in [0.1, 0.15) is 38.3 Å². The molecule has 0 aliphatic carbocycles. The Hall–Kier alpha value is -2.82. The highest BCUT2D eigenvalue weighted by molar-refractivity contribution is 6.30. The van der Waals surface area contributed by atoms with Crippen LogP contribution in [0.2, 0.25) is 5.02 Å². The molecule has 182 valence electrons. The first-order chi connectivity index (χ1) is 16.8. The van der Waals surface area contributed by atoms with Gasteiger partial charge in [-0.15, -0.1) is 0 Å². The number of carbonyl (C=O) groups is 1. The van der Waals surface area contributed by atoms with Crippen molar-refractivity contribution in [2.24, 2.45) is 0 Å². The summed E-state index contributed by atoms with van der Waals surface area (Å²) in [6.45, 7) is 10.8. The Labute approximate surface area is 214 Å². The largest absolute Gasteiger partial charge is 0.369 e. The Morgan fingerprint density at radius 3 is 2.14 bits per heavy atom. The smallest absolute Gasteiger partial charge is 0.241 e. The van der Waals surface area contributed by atoms with Crippen molar-refractivity contribution >= 4 is 28.9 Å². The van der Waals surface area contributed by atoms with Gasteiger partial charge in [-0.3, -0.25) is 9.69 Å². The summed E-state index contributed by atoms with van der Waals surface area (Å²) in [5.74, 6) is 0.175. The Kier molecular flexibility index (Phi) is 6.37. The van der Waals surface area contributed by atoms with E-state index in [4.69, 9.17) is 11.6 Å². The van der Waals surface area contributed by atoms with E-state index >= 15 is 0 Å². The molecule has 2 aliphatic heterocycles. The molecular weight excluding hydrogens is 454 g/mol. The normalized spacial score (nSPS) is 22.1. The maximum Gasteiger partial charge on any atom is 0.241 e. The van der Waals surface area contributed by atoms with E-state index in [0.717, 1.165) is 43.3 Å². The molecule has 5 rings (SSSR count). The maximum absolute atomic E-state index is 13.8. The van der Waals surface area contributed by atoms with Crippen molar-refractivity contribution in [3.05, 3.63) is 95.0 Å². The first-order valence-corrected chi connectivity index (χ1v) is 12.9. The molecule has 0 spiro atoms. The van der Waals surface area contributed by atoms with Crippen LogP contribution in [0.25, 0.3) is 0 Å². The summed E-state index contributed by atoms with van der Waals surface area (Å²) in [5.41, 5.74) is 4.17. The lowest BCUT2D eigenvalue weighted by atomic mass is 9.65. The number of benzene rings is 3. The Morgan fingerprint density at radius 2 is 1.46 bits per heavy atom. The number of nitrogens with zero attached hydrogens (tertiary/aromatic N) is 3. The number of para-hydroxylation sites is 2. The van der Waals surface area contributed by atoms with E-state index < -0.39 is 0 Å². The second-order valence-corrected chi connectivity index (χ2v) is 11.1. The van der Waals surface area contributed by atoms with Crippen LogP contribution in [0.3, 0.4) is 0 Å². The number of anilines is 2. The van der Waals surface area contributed by atoms with Crippen LogP contribution >= 0.6 is 11.6 Å². The number of piperazine rings is 1. The van der Waals surface area contributed by atoms with Gasteiger partial charge < -0.3 is 9.80 Å². The van der Waals surface area contributed by atoms with Crippen LogP contribution in [0.5, 0.6) is 0 Å². The molecule has 0 saturated carbocycles. The van der Waals surface area contributed by atoms with Crippen LogP contribution in [0.15, 0.2) is 78.9 Å². The van der Waals surface area contributed by atoms with Gasteiger partial charge in [0.15, 0.2) is 0 Å². The molecule has 2 aliphatic rings. The van der Waals surface area contributed by atoms with Crippen molar-refractivity contribution in [1.29, 1.82) is 0 Å². The summed E-state index contributed by atoms with van der Waals surface area (Å²) in [4.78, 5) is 20.6. The minimum Gasteiger partial charge on any atom is -0.369 e. The molecule has 3 aromatic rings. The SMILES string of the molecule is CC1(c2ccc(Cl)cc2)CC(C)(C)N(C(=O)CN2CCN(c3ccccc3)CC2)c2ccccc21. The van der Waals surface area contributed by atoms with Crippen molar-refractivity contribution in [3.8, 4) is 0 Å². The van der Waals surface area contributed by atoms with Crippen molar-refractivity contribution < 1.29 is 4.79 Å². The highest BCUT2D eigenvalue weighted by Crippen LogP contribution is 2.50. The Bertz CT molecular complexity index is 1190. The van der Waals surface area contributed by atoms with Gasteiger partial charge in [0.25, 0.3) is 0 Å². The van der Waals surface area contributed by atoms with Crippen LogP contribution in [0.4, 0.5) is 11.4 Å². The molecule has 35 heavy (non-hydrogen) atoms. The fourth-order valence-electron chi connectivity index (χ4n) is 6.11. The van der Waals surface area contributed by atoms with Crippen LogP contribution in [0, 0.1) is 0 Å². The van der Waals surface area contributed by atoms with E-state index in [0.29, 0.717) is 6.54 Å². The molecule has 1 saturated heterocycles. The molecule has 0 bridgehead atoms. The van der Waals surface area contributed by atoms with Gasteiger partial charge in [-0.05, 0) is 61.7 Å². The van der Waals surface area contributed by atoms with Crippen LogP contribution in [-0.2, 0) is 10.2 Å². The molecule has 1 unspecified atom stereocenters. The minimum absolute atomic E-state index is 0.175. The number of fused-ring (bicyclic) bond motifs is 1. The minimum atomic E-state index is -0.328. The summed E-state index contributed by atoms with van der Waals surface area (Å²) in [6.07, 6.45) is 0.839. The summed E-state index contributed by atoms with van der Waals surface area (Å²) < 4.78 is 0. The molecule has 1 atom stereocenters.